The van der Waals surface area contributed by atoms with Crippen molar-refractivity contribution in [1.82, 2.24) is 9.97 Å². The molecule has 22 heavy (non-hydrogen) atoms. The molecule has 6 nitrogen and oxygen atoms in total. The maximum atomic E-state index is 12.6. The van der Waals surface area contributed by atoms with E-state index in [0.29, 0.717) is 6.20 Å². The van der Waals surface area contributed by atoms with E-state index in [1.807, 2.05) is 13.8 Å². The van der Waals surface area contributed by atoms with Gasteiger partial charge in [0.25, 0.3) is 0 Å². The number of aliphatic hydroxyl groups is 2. The number of ether oxygens (including phenoxy) is 1. The molecule has 1 aliphatic rings. The number of anilines is 1. The zero-order valence-corrected chi connectivity index (χ0v) is 12.1. The molecule has 9 heteroatoms. The van der Waals surface area contributed by atoms with Crippen molar-refractivity contribution in [2.45, 2.75) is 44.4 Å². The van der Waals surface area contributed by atoms with Gasteiger partial charge in [0, 0.05) is 0 Å². The predicted octanol–water partition coefficient (Wildman–Crippen LogP) is 1.05. The Balaban J connectivity index is 2.09. The van der Waals surface area contributed by atoms with Gasteiger partial charge in [0.15, 0.2) is 5.69 Å². The van der Waals surface area contributed by atoms with Crippen molar-refractivity contribution in [2.75, 3.05) is 11.9 Å². The number of aromatic nitrogens is 2. The number of rotatable bonds is 3. The van der Waals surface area contributed by atoms with E-state index in [0.717, 1.165) is 6.20 Å². The molecule has 0 aliphatic carbocycles. The molecular weight excluding hydrogens is 303 g/mol. The molecule has 0 amide bonds. The zero-order chi connectivity index (χ0) is 16.5. The first-order chi connectivity index (χ1) is 10.2. The molecule has 2 rings (SSSR count). The Morgan fingerprint density at radius 2 is 1.95 bits per heavy atom. The molecule has 3 N–H and O–H groups in total. The number of hydrogen-bond acceptors (Lipinski definition) is 6. The van der Waals surface area contributed by atoms with E-state index in [1.165, 1.54) is 0 Å². The van der Waals surface area contributed by atoms with Crippen molar-refractivity contribution in [2.24, 2.45) is 5.92 Å². The van der Waals surface area contributed by atoms with Crippen molar-refractivity contribution in [3.05, 3.63) is 18.1 Å². The molecule has 0 aromatic carbocycles. The van der Waals surface area contributed by atoms with E-state index < -0.39 is 36.2 Å². The minimum Gasteiger partial charge on any atom is -0.388 e. The van der Waals surface area contributed by atoms with Gasteiger partial charge in [0.1, 0.15) is 18.0 Å². The van der Waals surface area contributed by atoms with Crippen molar-refractivity contribution in [1.29, 1.82) is 0 Å². The van der Waals surface area contributed by atoms with Crippen LogP contribution in [-0.2, 0) is 10.9 Å². The molecule has 1 fully saturated rings. The number of nitrogens with one attached hydrogen (secondary N) is 1. The Morgan fingerprint density at radius 3 is 2.55 bits per heavy atom. The second kappa shape index (κ2) is 6.35. The van der Waals surface area contributed by atoms with E-state index in [4.69, 9.17) is 4.74 Å². The van der Waals surface area contributed by atoms with Crippen LogP contribution in [0.25, 0.3) is 0 Å². The molecule has 2 heterocycles. The van der Waals surface area contributed by atoms with Gasteiger partial charge in [0.05, 0.1) is 31.1 Å². The summed E-state index contributed by atoms with van der Waals surface area (Å²) in [5, 5.41) is 22.7. The molecule has 0 radical (unpaired) electrons. The monoisotopic (exact) mass is 321 g/mol. The SMILES string of the molecule is CC(C)C1OCC(Nc2cncc(C(F)(F)F)n2)[C@@H](O)[C@H]1O. The molecule has 1 saturated heterocycles. The highest BCUT2D eigenvalue weighted by Gasteiger charge is 2.40. The summed E-state index contributed by atoms with van der Waals surface area (Å²) in [5.74, 6) is -0.142. The van der Waals surface area contributed by atoms with Crippen molar-refractivity contribution < 1.29 is 28.1 Å². The Kier molecular flexibility index (Phi) is 4.88. The number of hydrogen-bond donors (Lipinski definition) is 3. The third kappa shape index (κ3) is 3.65. The quantitative estimate of drug-likeness (QED) is 0.771. The van der Waals surface area contributed by atoms with Crippen LogP contribution in [0.4, 0.5) is 19.0 Å². The van der Waals surface area contributed by atoms with Gasteiger partial charge in [-0.15, -0.1) is 0 Å². The number of alkyl halides is 3. The molecule has 1 aromatic rings. The van der Waals surface area contributed by atoms with E-state index in [-0.39, 0.29) is 18.3 Å². The van der Waals surface area contributed by atoms with Crippen LogP contribution < -0.4 is 5.32 Å². The van der Waals surface area contributed by atoms with Gasteiger partial charge in [-0.1, -0.05) is 13.8 Å². The summed E-state index contributed by atoms with van der Waals surface area (Å²) >= 11 is 0. The topological polar surface area (TPSA) is 87.5 Å². The molecule has 0 spiro atoms. The van der Waals surface area contributed by atoms with Crippen LogP contribution in [0, 0.1) is 5.92 Å². The minimum atomic E-state index is -4.60. The van der Waals surface area contributed by atoms with Crippen LogP contribution in [-0.4, -0.2) is 51.1 Å². The molecule has 124 valence electrons. The van der Waals surface area contributed by atoms with E-state index in [9.17, 15) is 23.4 Å². The van der Waals surface area contributed by atoms with Gasteiger partial charge in [-0.05, 0) is 5.92 Å². The molecule has 0 bridgehead atoms. The van der Waals surface area contributed by atoms with Crippen molar-refractivity contribution >= 4 is 5.82 Å². The fraction of sp³-hybridized carbons (Fsp3) is 0.692. The highest BCUT2D eigenvalue weighted by Crippen LogP contribution is 2.28. The van der Waals surface area contributed by atoms with Crippen LogP contribution in [0.3, 0.4) is 0 Å². The summed E-state index contributed by atoms with van der Waals surface area (Å²) in [6.07, 6.45) is -5.72. The standard InChI is InChI=1S/C13H18F3N3O3/c1-6(2)12-11(21)10(20)7(5-22-12)18-9-4-17-3-8(19-9)13(14,15)16/h3-4,6-7,10-12,20-21H,5H2,1-2H3,(H,18,19)/t7?,10-,11-,12?/m1/s1. The Labute approximate surface area is 125 Å². The molecule has 4 atom stereocenters. The average molecular weight is 321 g/mol. The Morgan fingerprint density at radius 1 is 1.27 bits per heavy atom. The minimum absolute atomic E-state index is 0.000973. The number of nitrogens with zero attached hydrogens (tertiary/aromatic N) is 2. The summed E-state index contributed by atoms with van der Waals surface area (Å²) in [5.41, 5.74) is -1.13. The first kappa shape index (κ1) is 16.9. The number of halogens is 3. The molecule has 1 aliphatic heterocycles. The fourth-order valence-electron chi connectivity index (χ4n) is 2.32. The van der Waals surface area contributed by atoms with Crippen LogP contribution in [0.5, 0.6) is 0 Å². The summed E-state index contributed by atoms with van der Waals surface area (Å²) < 4.78 is 43.2. The van der Waals surface area contributed by atoms with Crippen molar-refractivity contribution in [3.8, 4) is 0 Å². The first-order valence-electron chi connectivity index (χ1n) is 6.83. The Hall–Kier alpha value is -1.45. The largest absolute Gasteiger partial charge is 0.434 e. The number of aliphatic hydroxyl groups excluding tert-OH is 2. The lowest BCUT2D eigenvalue weighted by atomic mass is 9.91. The summed E-state index contributed by atoms with van der Waals surface area (Å²) in [7, 11) is 0. The van der Waals surface area contributed by atoms with Crippen LogP contribution >= 0.6 is 0 Å². The van der Waals surface area contributed by atoms with Gasteiger partial charge in [-0.2, -0.15) is 13.2 Å². The zero-order valence-electron chi connectivity index (χ0n) is 12.1. The van der Waals surface area contributed by atoms with Gasteiger partial charge < -0.3 is 20.3 Å². The second-order valence-electron chi connectivity index (χ2n) is 5.56. The lowest BCUT2D eigenvalue weighted by molar-refractivity contribution is -0.154. The normalized spacial score (nSPS) is 29.6. The van der Waals surface area contributed by atoms with Gasteiger partial charge in [-0.3, -0.25) is 4.98 Å². The van der Waals surface area contributed by atoms with Gasteiger partial charge >= 0.3 is 6.18 Å². The van der Waals surface area contributed by atoms with E-state index in [1.54, 1.807) is 0 Å². The fourth-order valence-corrected chi connectivity index (χ4v) is 2.32. The van der Waals surface area contributed by atoms with Crippen LogP contribution in [0.15, 0.2) is 12.4 Å². The maximum Gasteiger partial charge on any atom is 0.434 e. The van der Waals surface area contributed by atoms with Crippen LogP contribution in [0.1, 0.15) is 19.5 Å². The smallest absolute Gasteiger partial charge is 0.388 e. The molecule has 1 aromatic heterocycles. The van der Waals surface area contributed by atoms with E-state index >= 15 is 0 Å². The summed E-state index contributed by atoms with van der Waals surface area (Å²) in [6.45, 7) is 3.72. The van der Waals surface area contributed by atoms with Crippen molar-refractivity contribution in [3.63, 3.8) is 0 Å². The average Bonchev–Trinajstić information content (AvgIpc) is 2.43. The lowest BCUT2D eigenvalue weighted by Crippen LogP contribution is -2.57. The molecule has 2 unspecified atom stereocenters. The second-order valence-corrected chi connectivity index (χ2v) is 5.56. The maximum absolute atomic E-state index is 12.6. The summed E-state index contributed by atoms with van der Waals surface area (Å²) in [6, 6.07) is -0.775. The van der Waals surface area contributed by atoms with Gasteiger partial charge in [-0.25, -0.2) is 4.98 Å². The van der Waals surface area contributed by atoms with Crippen LogP contribution in [0.2, 0.25) is 0 Å². The van der Waals surface area contributed by atoms with E-state index in [2.05, 4.69) is 15.3 Å². The summed E-state index contributed by atoms with van der Waals surface area (Å²) in [4.78, 5) is 6.88. The first-order valence-corrected chi connectivity index (χ1v) is 6.83. The Bertz CT molecular complexity index is 513. The molecular formula is C13H18F3N3O3. The highest BCUT2D eigenvalue weighted by atomic mass is 19.4. The third-order valence-electron chi connectivity index (χ3n) is 3.48. The third-order valence-corrected chi connectivity index (χ3v) is 3.48. The molecule has 0 saturated carbocycles. The lowest BCUT2D eigenvalue weighted by Gasteiger charge is -2.39. The van der Waals surface area contributed by atoms with Gasteiger partial charge in [0.2, 0.25) is 0 Å². The highest BCUT2D eigenvalue weighted by molar-refractivity contribution is 5.34. The predicted molar refractivity (Wildman–Crippen MR) is 71.0 cm³/mol.